The van der Waals surface area contributed by atoms with Crippen LogP contribution in [0.5, 0.6) is 0 Å². The third-order valence-corrected chi connectivity index (χ3v) is 3.75. The van der Waals surface area contributed by atoms with Gasteiger partial charge in [-0.05, 0) is 36.8 Å². The second-order valence-electron chi connectivity index (χ2n) is 5.05. The lowest BCUT2D eigenvalue weighted by molar-refractivity contribution is -0.132. The van der Waals surface area contributed by atoms with Gasteiger partial charge in [0.2, 0.25) is 0 Å². The van der Waals surface area contributed by atoms with E-state index in [1.807, 2.05) is 6.07 Å². The average molecular weight is 305 g/mol. The van der Waals surface area contributed by atoms with E-state index in [1.54, 1.807) is 37.3 Å². The van der Waals surface area contributed by atoms with Crippen molar-refractivity contribution in [2.75, 3.05) is 0 Å². The fourth-order valence-corrected chi connectivity index (χ4v) is 2.60. The molecule has 1 atom stereocenters. The van der Waals surface area contributed by atoms with Crippen LogP contribution in [0.15, 0.2) is 47.1 Å². The maximum atomic E-state index is 12.6. The lowest BCUT2D eigenvalue weighted by Gasteiger charge is -2.19. The quantitative estimate of drug-likeness (QED) is 0.887. The third kappa shape index (κ3) is 2.29. The van der Waals surface area contributed by atoms with Crippen LogP contribution in [0, 0.1) is 0 Å². The number of furan rings is 1. The predicted octanol–water partition coefficient (Wildman–Crippen LogP) is 2.90. The Labute approximate surface area is 126 Å². The zero-order chi connectivity index (χ0) is 15.0. The molecule has 0 spiro atoms. The van der Waals surface area contributed by atoms with Crippen LogP contribution < -0.4 is 5.32 Å². The first-order chi connectivity index (χ1) is 10.0. The molecule has 6 heteroatoms. The van der Waals surface area contributed by atoms with Crippen molar-refractivity contribution in [3.63, 3.8) is 0 Å². The number of nitrogens with one attached hydrogen (secondary N) is 1. The van der Waals surface area contributed by atoms with Crippen molar-refractivity contribution in [2.24, 2.45) is 0 Å². The van der Waals surface area contributed by atoms with Gasteiger partial charge in [-0.3, -0.25) is 9.69 Å². The average Bonchev–Trinajstić information content (AvgIpc) is 3.04. The van der Waals surface area contributed by atoms with Gasteiger partial charge in [0.25, 0.3) is 5.91 Å². The van der Waals surface area contributed by atoms with Gasteiger partial charge in [-0.2, -0.15) is 0 Å². The molecular formula is C15H13ClN2O3. The first-order valence-corrected chi connectivity index (χ1v) is 6.81. The van der Waals surface area contributed by atoms with Crippen LogP contribution in [0.1, 0.15) is 18.2 Å². The largest absolute Gasteiger partial charge is 0.466 e. The molecule has 1 aromatic carbocycles. The van der Waals surface area contributed by atoms with Gasteiger partial charge in [0, 0.05) is 5.02 Å². The highest BCUT2D eigenvalue weighted by Crippen LogP contribution is 2.30. The molecule has 0 radical (unpaired) electrons. The highest BCUT2D eigenvalue weighted by Gasteiger charge is 2.50. The predicted molar refractivity (Wildman–Crippen MR) is 76.6 cm³/mol. The van der Waals surface area contributed by atoms with Crippen LogP contribution in [0.25, 0.3) is 0 Å². The summed E-state index contributed by atoms with van der Waals surface area (Å²) in [6.07, 6.45) is 1.47. The van der Waals surface area contributed by atoms with Gasteiger partial charge in [-0.15, -0.1) is 0 Å². The van der Waals surface area contributed by atoms with Crippen LogP contribution in [0.4, 0.5) is 4.79 Å². The summed E-state index contributed by atoms with van der Waals surface area (Å²) < 4.78 is 5.27. The molecule has 2 heterocycles. The van der Waals surface area contributed by atoms with Crippen molar-refractivity contribution in [3.05, 3.63) is 59.0 Å². The zero-order valence-electron chi connectivity index (χ0n) is 11.3. The number of hydrogen-bond donors (Lipinski definition) is 1. The Balaban J connectivity index is 1.88. The molecule has 21 heavy (non-hydrogen) atoms. The molecule has 1 unspecified atom stereocenters. The number of carbonyl (C=O) groups excluding carboxylic acids is 2. The molecular weight excluding hydrogens is 292 g/mol. The van der Waals surface area contributed by atoms with Crippen molar-refractivity contribution in [3.8, 4) is 0 Å². The summed E-state index contributed by atoms with van der Waals surface area (Å²) in [7, 11) is 0. The van der Waals surface area contributed by atoms with Crippen LogP contribution >= 0.6 is 11.6 Å². The van der Waals surface area contributed by atoms with Crippen LogP contribution in [0.2, 0.25) is 5.02 Å². The molecule has 3 rings (SSSR count). The minimum atomic E-state index is -1.17. The summed E-state index contributed by atoms with van der Waals surface area (Å²) in [4.78, 5) is 25.8. The van der Waals surface area contributed by atoms with E-state index in [9.17, 15) is 9.59 Å². The Morgan fingerprint density at radius 2 is 2.10 bits per heavy atom. The van der Waals surface area contributed by atoms with Gasteiger partial charge < -0.3 is 9.73 Å². The molecule has 2 aromatic rings. The number of nitrogens with zero attached hydrogens (tertiary/aromatic N) is 1. The van der Waals surface area contributed by atoms with Gasteiger partial charge in [0.05, 0.1) is 12.8 Å². The van der Waals surface area contributed by atoms with Gasteiger partial charge in [-0.1, -0.05) is 23.7 Å². The number of urea groups is 1. The smallest absolute Gasteiger partial charge is 0.325 e. The summed E-state index contributed by atoms with van der Waals surface area (Å²) in [6.45, 7) is 1.80. The summed E-state index contributed by atoms with van der Waals surface area (Å²) in [5, 5.41) is 3.24. The molecule has 1 aliphatic heterocycles. The minimum Gasteiger partial charge on any atom is -0.466 e. The molecule has 0 bridgehead atoms. The standard InChI is InChI=1S/C15H13ClN2O3/c1-15(12-6-3-7-21-12)13(19)18(14(20)17-15)9-10-4-2-5-11(16)8-10/h2-8H,9H2,1H3,(H,17,20). The van der Waals surface area contributed by atoms with Crippen molar-refractivity contribution in [2.45, 2.75) is 19.0 Å². The highest BCUT2D eigenvalue weighted by atomic mass is 35.5. The number of hydrogen-bond acceptors (Lipinski definition) is 3. The van der Waals surface area contributed by atoms with E-state index in [2.05, 4.69) is 5.32 Å². The normalized spacial score (nSPS) is 21.7. The molecule has 1 N–H and O–H groups in total. The number of rotatable bonds is 3. The van der Waals surface area contributed by atoms with E-state index in [-0.39, 0.29) is 12.5 Å². The van der Waals surface area contributed by atoms with Gasteiger partial charge in [0.15, 0.2) is 5.54 Å². The third-order valence-electron chi connectivity index (χ3n) is 3.52. The number of imide groups is 1. The van der Waals surface area contributed by atoms with E-state index in [4.69, 9.17) is 16.0 Å². The van der Waals surface area contributed by atoms with E-state index < -0.39 is 11.6 Å². The van der Waals surface area contributed by atoms with E-state index >= 15 is 0 Å². The van der Waals surface area contributed by atoms with Crippen molar-refractivity contribution in [1.82, 2.24) is 10.2 Å². The van der Waals surface area contributed by atoms with Crippen molar-refractivity contribution in [1.29, 1.82) is 0 Å². The van der Waals surface area contributed by atoms with Gasteiger partial charge in [-0.25, -0.2) is 4.79 Å². The second kappa shape index (κ2) is 4.93. The fraction of sp³-hybridized carbons (Fsp3) is 0.200. The SMILES string of the molecule is CC1(c2ccco2)NC(=O)N(Cc2cccc(Cl)c2)C1=O. The Kier molecular flexibility index (Phi) is 3.22. The lowest BCUT2D eigenvalue weighted by atomic mass is 9.99. The fourth-order valence-electron chi connectivity index (χ4n) is 2.39. The first-order valence-electron chi connectivity index (χ1n) is 6.43. The monoisotopic (exact) mass is 304 g/mol. The Hall–Kier alpha value is -2.27. The molecule has 1 fully saturated rings. The van der Waals surface area contributed by atoms with Crippen LogP contribution in [-0.4, -0.2) is 16.8 Å². The van der Waals surface area contributed by atoms with E-state index in [0.29, 0.717) is 10.8 Å². The van der Waals surface area contributed by atoms with Crippen molar-refractivity contribution < 1.29 is 14.0 Å². The summed E-state index contributed by atoms with van der Waals surface area (Å²) in [6, 6.07) is 9.96. The molecule has 1 saturated heterocycles. The molecule has 1 aromatic heterocycles. The number of benzene rings is 1. The summed E-state index contributed by atoms with van der Waals surface area (Å²) in [5.41, 5.74) is -0.381. The van der Waals surface area contributed by atoms with E-state index in [1.165, 1.54) is 6.26 Å². The van der Waals surface area contributed by atoms with Gasteiger partial charge >= 0.3 is 6.03 Å². The Bertz CT molecular complexity index is 699. The maximum absolute atomic E-state index is 12.6. The lowest BCUT2D eigenvalue weighted by Crippen LogP contribution is -2.40. The molecule has 0 aliphatic carbocycles. The zero-order valence-corrected chi connectivity index (χ0v) is 12.1. The first kappa shape index (κ1) is 13.7. The van der Waals surface area contributed by atoms with Crippen LogP contribution in [-0.2, 0) is 16.9 Å². The van der Waals surface area contributed by atoms with E-state index in [0.717, 1.165) is 10.5 Å². The van der Waals surface area contributed by atoms with Crippen molar-refractivity contribution >= 4 is 23.5 Å². The molecule has 3 amide bonds. The maximum Gasteiger partial charge on any atom is 0.325 e. The molecule has 0 saturated carbocycles. The molecule has 1 aliphatic rings. The van der Waals surface area contributed by atoms with Gasteiger partial charge in [0.1, 0.15) is 5.76 Å². The molecule has 108 valence electrons. The minimum absolute atomic E-state index is 0.168. The highest BCUT2D eigenvalue weighted by molar-refractivity contribution is 6.30. The Morgan fingerprint density at radius 1 is 1.29 bits per heavy atom. The Morgan fingerprint density at radius 3 is 2.76 bits per heavy atom. The number of carbonyl (C=O) groups is 2. The van der Waals surface area contributed by atoms with Crippen LogP contribution in [0.3, 0.4) is 0 Å². The molecule has 5 nitrogen and oxygen atoms in total. The summed E-state index contributed by atoms with van der Waals surface area (Å²) >= 11 is 5.92. The second-order valence-corrected chi connectivity index (χ2v) is 5.49. The number of amides is 3. The summed E-state index contributed by atoms with van der Waals surface area (Å²) in [5.74, 6) is 0.0665. The topological polar surface area (TPSA) is 62.6 Å². The number of halogens is 1.